The molecule has 2 atom stereocenters. The molecule has 0 aromatic carbocycles. The Hall–Kier alpha value is -0.940. The van der Waals surface area contributed by atoms with Crippen molar-refractivity contribution in [1.29, 1.82) is 0 Å². The fraction of sp³-hybridized carbons (Fsp3) is 0.500. The molecule has 0 spiro atoms. The summed E-state index contributed by atoms with van der Waals surface area (Å²) in [7, 11) is 0. The van der Waals surface area contributed by atoms with Crippen molar-refractivity contribution in [3.05, 3.63) is 12.7 Å². The number of hydrogen-bond donors (Lipinski definition) is 2. The number of rotatable bonds is 3. The Morgan fingerprint density at radius 2 is 2.54 bits per heavy atom. The maximum atomic E-state index is 11.5. The van der Waals surface area contributed by atoms with Gasteiger partial charge < -0.3 is 10.4 Å². The minimum atomic E-state index is -0.588. The zero-order chi connectivity index (χ0) is 10.0. The lowest BCUT2D eigenvalue weighted by molar-refractivity contribution is -0.128. The maximum absolute atomic E-state index is 11.5. The summed E-state index contributed by atoms with van der Waals surface area (Å²) in [6.45, 7) is 5.16. The van der Waals surface area contributed by atoms with E-state index in [1.807, 2.05) is 6.92 Å². The van der Waals surface area contributed by atoms with E-state index < -0.39 is 6.04 Å². The van der Waals surface area contributed by atoms with Crippen LogP contribution in [0.4, 0.5) is 0 Å². The second-order valence-electron chi connectivity index (χ2n) is 2.87. The largest absolute Gasteiger partial charge is 0.394 e. The van der Waals surface area contributed by atoms with Crippen LogP contribution in [0, 0.1) is 0 Å². The summed E-state index contributed by atoms with van der Waals surface area (Å²) >= 11 is 4.94. The van der Waals surface area contributed by atoms with E-state index in [9.17, 15) is 4.79 Å². The summed E-state index contributed by atoms with van der Waals surface area (Å²) in [4.78, 5) is 12.9. The number of carbonyl (C=O) groups is 1. The molecule has 0 saturated carbocycles. The third kappa shape index (κ3) is 1.71. The maximum Gasteiger partial charge on any atom is 0.254 e. The van der Waals surface area contributed by atoms with E-state index >= 15 is 0 Å². The number of aliphatic hydroxyl groups excluding tert-OH is 1. The molecule has 0 aliphatic carbocycles. The smallest absolute Gasteiger partial charge is 0.254 e. The minimum Gasteiger partial charge on any atom is -0.394 e. The molecule has 1 aliphatic heterocycles. The average Bonchev–Trinajstić information content (AvgIpc) is 2.40. The lowest BCUT2D eigenvalue weighted by Crippen LogP contribution is -2.38. The normalized spacial score (nSPS) is 24.5. The van der Waals surface area contributed by atoms with Crippen LogP contribution in [-0.2, 0) is 4.79 Å². The topological polar surface area (TPSA) is 52.6 Å². The first-order chi connectivity index (χ1) is 6.11. The van der Waals surface area contributed by atoms with Crippen molar-refractivity contribution in [2.24, 2.45) is 0 Å². The second kappa shape index (κ2) is 3.85. The molecule has 1 fully saturated rings. The molecule has 5 heteroatoms. The Balaban J connectivity index is 2.81. The number of nitrogens with one attached hydrogen (secondary N) is 1. The standard InChI is InChI=1S/C8H12N2O2S/c1-3-5(2)10-7(12)6(4-11)9-8(10)13/h3,5-6,11H,1,4H2,2H3,(H,9,13). The van der Waals surface area contributed by atoms with Gasteiger partial charge in [-0.15, -0.1) is 6.58 Å². The van der Waals surface area contributed by atoms with E-state index in [1.165, 1.54) is 4.90 Å². The van der Waals surface area contributed by atoms with E-state index in [2.05, 4.69) is 11.9 Å². The summed E-state index contributed by atoms with van der Waals surface area (Å²) in [5, 5.41) is 11.9. The fourth-order valence-corrected chi connectivity index (χ4v) is 1.56. The molecule has 0 aromatic rings. The molecular weight excluding hydrogens is 188 g/mol. The average molecular weight is 200 g/mol. The summed E-state index contributed by atoms with van der Waals surface area (Å²) in [6, 6.07) is -0.723. The van der Waals surface area contributed by atoms with E-state index in [1.54, 1.807) is 6.08 Å². The van der Waals surface area contributed by atoms with Gasteiger partial charge in [0.05, 0.1) is 12.6 Å². The van der Waals surface area contributed by atoms with Crippen molar-refractivity contribution in [2.75, 3.05) is 6.61 Å². The first kappa shape index (κ1) is 10.1. The SMILES string of the molecule is C=CC(C)N1C(=O)C(CO)NC1=S. The summed E-state index contributed by atoms with van der Waals surface area (Å²) in [6.07, 6.45) is 1.63. The molecule has 1 aliphatic rings. The highest BCUT2D eigenvalue weighted by Crippen LogP contribution is 2.11. The molecule has 72 valence electrons. The molecule has 2 unspecified atom stereocenters. The quantitative estimate of drug-likeness (QED) is 0.482. The first-order valence-corrected chi connectivity index (χ1v) is 4.39. The molecule has 1 heterocycles. The number of hydrogen-bond acceptors (Lipinski definition) is 3. The van der Waals surface area contributed by atoms with Crippen molar-refractivity contribution in [3.8, 4) is 0 Å². The van der Waals surface area contributed by atoms with Gasteiger partial charge in [-0.1, -0.05) is 6.08 Å². The molecule has 1 saturated heterocycles. The van der Waals surface area contributed by atoms with Gasteiger partial charge in [-0.05, 0) is 19.1 Å². The van der Waals surface area contributed by atoms with Crippen LogP contribution in [0.25, 0.3) is 0 Å². The lowest BCUT2D eigenvalue weighted by Gasteiger charge is -2.19. The van der Waals surface area contributed by atoms with Gasteiger partial charge in [0.25, 0.3) is 5.91 Å². The highest BCUT2D eigenvalue weighted by atomic mass is 32.1. The van der Waals surface area contributed by atoms with E-state index in [0.29, 0.717) is 5.11 Å². The molecular formula is C8H12N2O2S. The van der Waals surface area contributed by atoms with Crippen molar-refractivity contribution in [3.63, 3.8) is 0 Å². The number of nitrogens with zero attached hydrogens (tertiary/aromatic N) is 1. The molecule has 13 heavy (non-hydrogen) atoms. The van der Waals surface area contributed by atoms with Crippen LogP contribution in [0.2, 0.25) is 0 Å². The zero-order valence-corrected chi connectivity index (χ0v) is 8.17. The Morgan fingerprint density at radius 3 is 2.92 bits per heavy atom. The van der Waals surface area contributed by atoms with E-state index in [0.717, 1.165) is 0 Å². The summed E-state index contributed by atoms with van der Waals surface area (Å²) in [5.41, 5.74) is 0. The van der Waals surface area contributed by atoms with Gasteiger partial charge in [0, 0.05) is 0 Å². The highest BCUT2D eigenvalue weighted by Gasteiger charge is 2.36. The third-order valence-electron chi connectivity index (χ3n) is 1.98. The predicted molar refractivity (Wildman–Crippen MR) is 53.1 cm³/mol. The molecule has 0 radical (unpaired) electrons. The molecule has 2 N–H and O–H groups in total. The lowest BCUT2D eigenvalue weighted by atomic mass is 10.2. The van der Waals surface area contributed by atoms with Gasteiger partial charge in [-0.25, -0.2) is 0 Å². The van der Waals surface area contributed by atoms with Gasteiger partial charge in [-0.3, -0.25) is 9.69 Å². The predicted octanol–water partition coefficient (Wildman–Crippen LogP) is -0.362. The van der Waals surface area contributed by atoms with Gasteiger partial charge in [0.2, 0.25) is 0 Å². The highest BCUT2D eigenvalue weighted by molar-refractivity contribution is 7.80. The first-order valence-electron chi connectivity index (χ1n) is 3.98. The molecule has 0 aromatic heterocycles. The van der Waals surface area contributed by atoms with Crippen molar-refractivity contribution >= 4 is 23.2 Å². The van der Waals surface area contributed by atoms with Crippen LogP contribution in [0.3, 0.4) is 0 Å². The molecule has 4 nitrogen and oxygen atoms in total. The van der Waals surface area contributed by atoms with Crippen LogP contribution in [0.15, 0.2) is 12.7 Å². The number of thiocarbonyl (C=S) groups is 1. The van der Waals surface area contributed by atoms with E-state index in [-0.39, 0.29) is 18.6 Å². The van der Waals surface area contributed by atoms with E-state index in [4.69, 9.17) is 17.3 Å². The number of aliphatic hydroxyl groups is 1. The van der Waals surface area contributed by atoms with Crippen molar-refractivity contribution < 1.29 is 9.90 Å². The van der Waals surface area contributed by atoms with Gasteiger partial charge in [-0.2, -0.15) is 0 Å². The molecule has 1 amide bonds. The number of amides is 1. The number of carbonyl (C=O) groups excluding carboxylic acids is 1. The van der Waals surface area contributed by atoms with Crippen molar-refractivity contribution in [2.45, 2.75) is 19.0 Å². The van der Waals surface area contributed by atoms with Crippen LogP contribution >= 0.6 is 12.2 Å². The van der Waals surface area contributed by atoms with Gasteiger partial charge >= 0.3 is 0 Å². The van der Waals surface area contributed by atoms with Crippen molar-refractivity contribution in [1.82, 2.24) is 10.2 Å². The Kier molecular flexibility index (Phi) is 3.00. The van der Waals surface area contributed by atoms with Crippen LogP contribution in [0.5, 0.6) is 0 Å². The summed E-state index contributed by atoms with van der Waals surface area (Å²) < 4.78 is 0. The van der Waals surface area contributed by atoms with Crippen LogP contribution < -0.4 is 5.32 Å². The zero-order valence-electron chi connectivity index (χ0n) is 7.36. The van der Waals surface area contributed by atoms with Crippen LogP contribution in [-0.4, -0.2) is 39.7 Å². The monoisotopic (exact) mass is 200 g/mol. The van der Waals surface area contributed by atoms with Crippen LogP contribution in [0.1, 0.15) is 6.92 Å². The fourth-order valence-electron chi connectivity index (χ4n) is 1.16. The van der Waals surface area contributed by atoms with Gasteiger partial charge in [0.1, 0.15) is 6.04 Å². The Morgan fingerprint density at radius 1 is 1.92 bits per heavy atom. The Bertz CT molecular complexity index is 255. The minimum absolute atomic E-state index is 0.135. The van der Waals surface area contributed by atoms with Gasteiger partial charge in [0.15, 0.2) is 5.11 Å². The molecule has 0 bridgehead atoms. The molecule has 1 rings (SSSR count). The third-order valence-corrected chi connectivity index (χ3v) is 2.30. The Labute approximate surface area is 82.2 Å². The summed E-state index contributed by atoms with van der Waals surface area (Å²) in [5.74, 6) is -0.195. The second-order valence-corrected chi connectivity index (χ2v) is 3.26.